The topological polar surface area (TPSA) is 75.0 Å². The third kappa shape index (κ3) is 1.87. The second kappa shape index (κ2) is 3.34. The van der Waals surface area contributed by atoms with E-state index in [1.807, 2.05) is 4.90 Å². The van der Waals surface area contributed by atoms with Gasteiger partial charge in [-0.2, -0.15) is 0 Å². The molecule has 1 aromatic rings. The van der Waals surface area contributed by atoms with Crippen LogP contribution < -0.4 is 16.2 Å². The summed E-state index contributed by atoms with van der Waals surface area (Å²) in [7, 11) is 0. The molecule has 15 heavy (non-hydrogen) atoms. The van der Waals surface area contributed by atoms with E-state index in [0.29, 0.717) is 5.82 Å². The van der Waals surface area contributed by atoms with Crippen LogP contribution in [0, 0.1) is 6.92 Å². The first-order chi connectivity index (χ1) is 7.02. The van der Waals surface area contributed by atoms with Crippen molar-refractivity contribution in [2.45, 2.75) is 25.8 Å². The third-order valence-electron chi connectivity index (χ3n) is 2.89. The van der Waals surface area contributed by atoms with Crippen LogP contribution in [-0.2, 0) is 0 Å². The molecule has 1 aliphatic heterocycles. The van der Waals surface area contributed by atoms with Gasteiger partial charge in [0.05, 0.1) is 5.54 Å². The molecule has 1 fully saturated rings. The molecule has 2 heterocycles. The Bertz CT molecular complexity index is 420. The number of nitrogens with zero attached hydrogens (tertiary/aromatic N) is 2. The van der Waals surface area contributed by atoms with Crippen molar-refractivity contribution in [2.75, 3.05) is 18.0 Å². The number of hydrogen-bond acceptors (Lipinski definition) is 4. The van der Waals surface area contributed by atoms with Gasteiger partial charge in [0.2, 0.25) is 0 Å². The minimum absolute atomic E-state index is 0.0990. The molecule has 0 aromatic carbocycles. The van der Waals surface area contributed by atoms with E-state index in [-0.39, 0.29) is 11.1 Å². The Balaban J connectivity index is 2.16. The molecule has 0 amide bonds. The highest BCUT2D eigenvalue weighted by molar-refractivity contribution is 5.43. The lowest BCUT2D eigenvalue weighted by Crippen LogP contribution is -2.67. The van der Waals surface area contributed by atoms with Crippen molar-refractivity contribution in [1.29, 1.82) is 0 Å². The zero-order valence-electron chi connectivity index (χ0n) is 9.08. The van der Waals surface area contributed by atoms with E-state index in [9.17, 15) is 4.79 Å². The second-order valence-corrected chi connectivity index (χ2v) is 4.26. The number of aryl methyl sites for hydroxylation is 1. The first-order valence-electron chi connectivity index (χ1n) is 5.14. The van der Waals surface area contributed by atoms with Crippen molar-refractivity contribution in [3.8, 4) is 0 Å². The minimum Gasteiger partial charge on any atom is -0.353 e. The van der Waals surface area contributed by atoms with Gasteiger partial charge in [-0.1, -0.05) is 6.92 Å². The van der Waals surface area contributed by atoms with E-state index < -0.39 is 0 Å². The molecular weight excluding hydrogens is 192 g/mol. The summed E-state index contributed by atoms with van der Waals surface area (Å²) < 4.78 is 0. The molecule has 0 radical (unpaired) electrons. The number of aromatic nitrogens is 2. The van der Waals surface area contributed by atoms with Gasteiger partial charge in [-0.05, 0) is 13.3 Å². The number of nitrogens with two attached hydrogens (primary N) is 1. The number of anilines is 1. The predicted molar refractivity (Wildman–Crippen MR) is 59.0 cm³/mol. The van der Waals surface area contributed by atoms with Gasteiger partial charge in [0.25, 0.3) is 5.56 Å². The van der Waals surface area contributed by atoms with Crippen molar-refractivity contribution >= 4 is 5.82 Å². The second-order valence-electron chi connectivity index (χ2n) is 4.26. The molecule has 1 aromatic heterocycles. The summed E-state index contributed by atoms with van der Waals surface area (Å²) in [5, 5.41) is 0. The SMILES string of the molecule is CCC1(N)CN(c2cc(=O)[nH]c(C)n2)C1. The van der Waals surface area contributed by atoms with Crippen LogP contribution >= 0.6 is 0 Å². The Morgan fingerprint density at radius 1 is 1.67 bits per heavy atom. The average Bonchev–Trinajstić information content (AvgIpc) is 2.11. The van der Waals surface area contributed by atoms with E-state index in [4.69, 9.17) is 5.73 Å². The largest absolute Gasteiger partial charge is 0.353 e. The molecule has 1 saturated heterocycles. The Hall–Kier alpha value is -1.36. The summed E-state index contributed by atoms with van der Waals surface area (Å²) in [6, 6.07) is 1.52. The van der Waals surface area contributed by atoms with Crippen LogP contribution in [0.5, 0.6) is 0 Å². The van der Waals surface area contributed by atoms with Crippen molar-refractivity contribution in [2.24, 2.45) is 5.73 Å². The van der Waals surface area contributed by atoms with Crippen LogP contribution in [0.25, 0.3) is 0 Å². The van der Waals surface area contributed by atoms with Gasteiger partial charge in [0.15, 0.2) is 0 Å². The first kappa shape index (κ1) is 10.2. The quantitative estimate of drug-likeness (QED) is 0.717. The third-order valence-corrected chi connectivity index (χ3v) is 2.89. The van der Waals surface area contributed by atoms with Crippen LogP contribution in [0.15, 0.2) is 10.9 Å². The molecule has 0 spiro atoms. The molecule has 5 heteroatoms. The number of aromatic amines is 1. The summed E-state index contributed by atoms with van der Waals surface area (Å²) in [5.74, 6) is 1.37. The van der Waals surface area contributed by atoms with E-state index in [0.717, 1.165) is 25.3 Å². The van der Waals surface area contributed by atoms with E-state index in [1.54, 1.807) is 6.92 Å². The van der Waals surface area contributed by atoms with Crippen LogP contribution in [0.4, 0.5) is 5.82 Å². The van der Waals surface area contributed by atoms with Crippen LogP contribution in [0.1, 0.15) is 19.2 Å². The molecule has 0 atom stereocenters. The first-order valence-corrected chi connectivity index (χ1v) is 5.14. The van der Waals surface area contributed by atoms with Gasteiger partial charge in [-0.15, -0.1) is 0 Å². The van der Waals surface area contributed by atoms with Gasteiger partial charge in [0.1, 0.15) is 11.6 Å². The molecule has 0 saturated carbocycles. The molecule has 82 valence electrons. The summed E-state index contributed by atoms with van der Waals surface area (Å²) in [6.07, 6.45) is 0.950. The highest BCUT2D eigenvalue weighted by atomic mass is 16.1. The number of hydrogen-bond donors (Lipinski definition) is 2. The Kier molecular flexibility index (Phi) is 2.26. The Morgan fingerprint density at radius 2 is 2.33 bits per heavy atom. The summed E-state index contributed by atoms with van der Waals surface area (Å²) in [4.78, 5) is 20.2. The smallest absolute Gasteiger partial charge is 0.252 e. The molecule has 0 unspecified atom stereocenters. The lowest BCUT2D eigenvalue weighted by Gasteiger charge is -2.48. The van der Waals surface area contributed by atoms with Crippen molar-refractivity contribution in [1.82, 2.24) is 9.97 Å². The maximum absolute atomic E-state index is 11.2. The fourth-order valence-corrected chi connectivity index (χ4v) is 1.83. The number of H-pyrrole nitrogens is 1. The highest BCUT2D eigenvalue weighted by Gasteiger charge is 2.38. The van der Waals surface area contributed by atoms with Crippen molar-refractivity contribution < 1.29 is 0 Å². The van der Waals surface area contributed by atoms with Crippen molar-refractivity contribution in [3.05, 3.63) is 22.2 Å². The zero-order valence-corrected chi connectivity index (χ0v) is 9.08. The lowest BCUT2D eigenvalue weighted by atomic mass is 9.88. The molecule has 0 aliphatic carbocycles. The average molecular weight is 208 g/mol. The summed E-state index contributed by atoms with van der Waals surface area (Å²) in [6.45, 7) is 5.41. The summed E-state index contributed by atoms with van der Waals surface area (Å²) >= 11 is 0. The van der Waals surface area contributed by atoms with Crippen LogP contribution in [0.3, 0.4) is 0 Å². The molecule has 5 nitrogen and oxygen atoms in total. The van der Waals surface area contributed by atoms with E-state index >= 15 is 0 Å². The molecule has 2 rings (SSSR count). The zero-order chi connectivity index (χ0) is 11.1. The summed E-state index contributed by atoms with van der Waals surface area (Å²) in [5.41, 5.74) is 5.84. The van der Waals surface area contributed by atoms with Crippen LogP contribution in [-0.4, -0.2) is 28.6 Å². The van der Waals surface area contributed by atoms with E-state index in [2.05, 4.69) is 16.9 Å². The predicted octanol–water partition coefficient (Wildman–Crippen LogP) is 0.00582. The Labute approximate surface area is 88.3 Å². The van der Waals surface area contributed by atoms with Crippen molar-refractivity contribution in [3.63, 3.8) is 0 Å². The fourth-order valence-electron chi connectivity index (χ4n) is 1.83. The number of nitrogens with one attached hydrogen (secondary N) is 1. The van der Waals surface area contributed by atoms with E-state index in [1.165, 1.54) is 6.07 Å². The fraction of sp³-hybridized carbons (Fsp3) is 0.600. The lowest BCUT2D eigenvalue weighted by molar-refractivity contribution is 0.320. The molecule has 1 aliphatic rings. The van der Waals surface area contributed by atoms with Gasteiger partial charge in [-0.25, -0.2) is 4.98 Å². The molecule has 3 N–H and O–H groups in total. The molecular formula is C10H16N4O. The van der Waals surface area contributed by atoms with Gasteiger partial charge >= 0.3 is 0 Å². The van der Waals surface area contributed by atoms with Gasteiger partial charge in [0, 0.05) is 19.2 Å². The normalized spacial score (nSPS) is 18.7. The minimum atomic E-state index is -0.108. The van der Waals surface area contributed by atoms with Gasteiger partial charge in [-0.3, -0.25) is 4.79 Å². The number of rotatable bonds is 2. The molecule has 0 bridgehead atoms. The van der Waals surface area contributed by atoms with Crippen LogP contribution in [0.2, 0.25) is 0 Å². The highest BCUT2D eigenvalue weighted by Crippen LogP contribution is 2.25. The standard InChI is InChI=1S/C10H16N4O/c1-3-10(11)5-14(6-10)8-4-9(15)13-7(2)12-8/h4H,3,5-6,11H2,1-2H3,(H,12,13,15). The maximum atomic E-state index is 11.2. The maximum Gasteiger partial charge on any atom is 0.252 e. The van der Waals surface area contributed by atoms with Gasteiger partial charge < -0.3 is 15.6 Å². The monoisotopic (exact) mass is 208 g/mol. The Morgan fingerprint density at radius 3 is 2.87 bits per heavy atom.